The highest BCUT2D eigenvalue weighted by Gasteiger charge is 2.25. The molecular weight excluding hydrogens is 350 g/mol. The number of benzene rings is 2. The fourth-order valence-electron chi connectivity index (χ4n) is 4.23. The molecule has 2 aliphatic rings. The Bertz CT molecular complexity index is 811. The van der Waals surface area contributed by atoms with Crippen LogP contribution in [-0.2, 0) is 17.8 Å². The van der Waals surface area contributed by atoms with Gasteiger partial charge >= 0.3 is 0 Å². The summed E-state index contributed by atoms with van der Waals surface area (Å²) in [5, 5.41) is 0. The van der Waals surface area contributed by atoms with Gasteiger partial charge in [-0.25, -0.2) is 0 Å². The summed E-state index contributed by atoms with van der Waals surface area (Å²) in [5.41, 5.74) is 4.61. The third-order valence-corrected chi connectivity index (χ3v) is 5.55. The maximum atomic E-state index is 13.2. The van der Waals surface area contributed by atoms with Crippen molar-refractivity contribution in [2.75, 3.05) is 51.8 Å². The second-order valence-electron chi connectivity index (χ2n) is 8.13. The zero-order valence-corrected chi connectivity index (χ0v) is 16.8. The van der Waals surface area contributed by atoms with Gasteiger partial charge < -0.3 is 19.4 Å². The molecule has 4 rings (SSSR count). The highest BCUT2D eigenvalue weighted by atomic mass is 16.5. The highest BCUT2D eigenvalue weighted by molar-refractivity contribution is 5.95. The zero-order valence-electron chi connectivity index (χ0n) is 16.8. The number of nitrogens with zero attached hydrogens (tertiary/aromatic N) is 3. The number of hydrogen-bond donors (Lipinski definition) is 0. The van der Waals surface area contributed by atoms with E-state index < -0.39 is 0 Å². The Kier molecular flexibility index (Phi) is 5.64. The van der Waals surface area contributed by atoms with Gasteiger partial charge in [0.2, 0.25) is 0 Å². The molecule has 5 nitrogen and oxygen atoms in total. The number of ether oxygens (including phenoxy) is 1. The quantitative estimate of drug-likeness (QED) is 0.819. The third-order valence-electron chi connectivity index (χ3n) is 5.55. The van der Waals surface area contributed by atoms with Gasteiger partial charge in [-0.3, -0.25) is 4.79 Å². The highest BCUT2D eigenvalue weighted by Crippen LogP contribution is 2.29. The predicted molar refractivity (Wildman–Crippen MR) is 112 cm³/mol. The molecule has 28 heavy (non-hydrogen) atoms. The Balaban J connectivity index is 1.48. The molecule has 0 N–H and O–H groups in total. The Hall–Kier alpha value is -2.37. The molecule has 0 aliphatic carbocycles. The first-order valence-electron chi connectivity index (χ1n) is 10.0. The molecule has 0 saturated carbocycles. The molecule has 0 unspecified atom stereocenters. The minimum Gasteiger partial charge on any atom is -0.379 e. The molecular formula is C23H29N3O2. The summed E-state index contributed by atoms with van der Waals surface area (Å²) >= 11 is 0. The Labute approximate surface area is 167 Å². The maximum Gasteiger partial charge on any atom is 0.254 e. The van der Waals surface area contributed by atoms with Crippen molar-refractivity contribution in [3.8, 4) is 0 Å². The Morgan fingerprint density at radius 1 is 1.11 bits per heavy atom. The molecule has 1 saturated heterocycles. The third kappa shape index (κ3) is 4.21. The van der Waals surface area contributed by atoms with Crippen LogP contribution in [-0.4, -0.2) is 62.7 Å². The van der Waals surface area contributed by atoms with Crippen molar-refractivity contribution in [2.24, 2.45) is 5.92 Å². The van der Waals surface area contributed by atoms with Crippen LogP contribution in [0, 0.1) is 5.92 Å². The lowest BCUT2D eigenvalue weighted by molar-refractivity contribution is 0.0735. The number of amides is 1. The summed E-state index contributed by atoms with van der Waals surface area (Å²) in [5.74, 6) is 0.450. The van der Waals surface area contributed by atoms with Crippen LogP contribution < -0.4 is 4.90 Å². The van der Waals surface area contributed by atoms with Gasteiger partial charge in [-0.15, -0.1) is 0 Å². The van der Waals surface area contributed by atoms with Crippen molar-refractivity contribution in [1.29, 1.82) is 0 Å². The van der Waals surface area contributed by atoms with Crippen LogP contribution in [0.25, 0.3) is 0 Å². The summed E-state index contributed by atoms with van der Waals surface area (Å²) in [6.07, 6.45) is 0. The number of hydrogen-bond acceptors (Lipinski definition) is 4. The number of anilines is 1. The van der Waals surface area contributed by atoms with Crippen molar-refractivity contribution < 1.29 is 9.53 Å². The van der Waals surface area contributed by atoms with Crippen LogP contribution >= 0.6 is 0 Å². The van der Waals surface area contributed by atoms with Gasteiger partial charge in [0.15, 0.2) is 0 Å². The van der Waals surface area contributed by atoms with Gasteiger partial charge in [-0.1, -0.05) is 30.3 Å². The van der Waals surface area contributed by atoms with Gasteiger partial charge in [0.05, 0.1) is 13.2 Å². The molecule has 2 aromatic rings. The minimum absolute atomic E-state index is 0.104. The van der Waals surface area contributed by atoms with Gasteiger partial charge in [0, 0.05) is 49.9 Å². The van der Waals surface area contributed by atoms with E-state index in [0.717, 1.165) is 37.4 Å². The van der Waals surface area contributed by atoms with Crippen LogP contribution in [0.5, 0.6) is 0 Å². The topological polar surface area (TPSA) is 36.0 Å². The van der Waals surface area contributed by atoms with Crippen LogP contribution in [0.3, 0.4) is 0 Å². The molecule has 0 radical (unpaired) electrons. The number of rotatable bonds is 4. The molecule has 0 bridgehead atoms. The Morgan fingerprint density at radius 2 is 1.86 bits per heavy atom. The van der Waals surface area contributed by atoms with E-state index >= 15 is 0 Å². The first kappa shape index (κ1) is 19.0. The lowest BCUT2D eigenvalue weighted by Gasteiger charge is -2.26. The second kappa shape index (κ2) is 8.33. The summed E-state index contributed by atoms with van der Waals surface area (Å²) in [6.45, 7) is 5.45. The molecule has 1 atom stereocenters. The Morgan fingerprint density at radius 3 is 2.57 bits per heavy atom. The second-order valence-corrected chi connectivity index (χ2v) is 8.13. The number of fused-ring (bicyclic) bond motifs is 1. The lowest BCUT2D eigenvalue weighted by Crippen LogP contribution is -2.38. The summed E-state index contributed by atoms with van der Waals surface area (Å²) in [4.78, 5) is 19.7. The van der Waals surface area contributed by atoms with E-state index in [-0.39, 0.29) is 5.91 Å². The molecule has 0 aromatic heterocycles. The molecule has 148 valence electrons. The molecule has 2 heterocycles. The van der Waals surface area contributed by atoms with Crippen LogP contribution in [0.2, 0.25) is 0 Å². The maximum absolute atomic E-state index is 13.2. The zero-order chi connectivity index (χ0) is 19.5. The number of carbonyl (C=O) groups is 1. The first-order chi connectivity index (χ1) is 13.6. The molecule has 1 amide bonds. The SMILES string of the molecule is CN(C)C[C@@H]1COCCN(C(=O)c2cccc(N3Cc4ccccc4C3)c2)C1. The standard InChI is InChI=1S/C23H29N3O2/c1-24(2)13-18-14-25(10-11-28-17-18)23(27)19-8-5-9-22(12-19)26-15-20-6-3-4-7-21(20)16-26/h3-9,12,18H,10-11,13-17H2,1-2H3/t18-/m0/s1. The summed E-state index contributed by atoms with van der Waals surface area (Å²) in [6, 6.07) is 16.6. The first-order valence-corrected chi connectivity index (χ1v) is 10.0. The van der Waals surface area contributed by atoms with Crippen molar-refractivity contribution in [1.82, 2.24) is 9.80 Å². The van der Waals surface area contributed by atoms with Crippen LogP contribution in [0.1, 0.15) is 21.5 Å². The smallest absolute Gasteiger partial charge is 0.254 e. The average Bonchev–Trinajstić information content (AvgIpc) is 3.00. The van der Waals surface area contributed by atoms with Crippen molar-refractivity contribution >= 4 is 11.6 Å². The summed E-state index contributed by atoms with van der Waals surface area (Å²) < 4.78 is 5.74. The monoisotopic (exact) mass is 379 g/mol. The normalized spacial score (nSPS) is 19.6. The van der Waals surface area contributed by atoms with E-state index in [2.05, 4.69) is 54.2 Å². The van der Waals surface area contributed by atoms with E-state index in [1.807, 2.05) is 23.1 Å². The van der Waals surface area contributed by atoms with Crippen molar-refractivity contribution in [3.63, 3.8) is 0 Å². The van der Waals surface area contributed by atoms with Crippen LogP contribution in [0.15, 0.2) is 48.5 Å². The van der Waals surface area contributed by atoms with Gasteiger partial charge in [0.1, 0.15) is 0 Å². The van der Waals surface area contributed by atoms with E-state index in [4.69, 9.17) is 4.74 Å². The number of carbonyl (C=O) groups excluding carboxylic acids is 1. The van der Waals surface area contributed by atoms with Gasteiger partial charge in [-0.05, 0) is 43.4 Å². The van der Waals surface area contributed by atoms with Gasteiger partial charge in [0.25, 0.3) is 5.91 Å². The predicted octanol–water partition coefficient (Wildman–Crippen LogP) is 2.86. The van der Waals surface area contributed by atoms with Crippen LogP contribution in [0.4, 0.5) is 5.69 Å². The lowest BCUT2D eigenvalue weighted by atomic mass is 10.1. The molecule has 2 aromatic carbocycles. The fraction of sp³-hybridized carbons (Fsp3) is 0.435. The molecule has 5 heteroatoms. The molecule has 2 aliphatic heterocycles. The molecule has 0 spiro atoms. The van der Waals surface area contributed by atoms with E-state index in [9.17, 15) is 4.79 Å². The van der Waals surface area contributed by atoms with Crippen molar-refractivity contribution in [3.05, 3.63) is 65.2 Å². The minimum atomic E-state index is 0.104. The fourth-order valence-corrected chi connectivity index (χ4v) is 4.23. The van der Waals surface area contributed by atoms with E-state index in [1.54, 1.807) is 0 Å². The average molecular weight is 380 g/mol. The van der Waals surface area contributed by atoms with Crippen molar-refractivity contribution in [2.45, 2.75) is 13.1 Å². The van der Waals surface area contributed by atoms with E-state index in [1.165, 1.54) is 11.1 Å². The molecule has 1 fully saturated rings. The van der Waals surface area contributed by atoms with Gasteiger partial charge in [-0.2, -0.15) is 0 Å². The van der Waals surface area contributed by atoms with E-state index in [0.29, 0.717) is 25.7 Å². The summed E-state index contributed by atoms with van der Waals surface area (Å²) in [7, 11) is 4.13. The largest absolute Gasteiger partial charge is 0.379 e.